The first-order chi connectivity index (χ1) is 20.1. The van der Waals surface area contributed by atoms with E-state index in [4.69, 9.17) is 9.47 Å². The van der Waals surface area contributed by atoms with Gasteiger partial charge >= 0.3 is 0 Å². The van der Waals surface area contributed by atoms with Crippen LogP contribution in [0.15, 0.2) is 36.4 Å². The molecule has 0 bridgehead atoms. The van der Waals surface area contributed by atoms with Crippen molar-refractivity contribution in [3.05, 3.63) is 53.1 Å². The fraction of sp³-hybridized carbons (Fsp3) is 0.606. The number of amides is 1. The second-order valence-corrected chi connectivity index (χ2v) is 13.5. The highest BCUT2D eigenvalue weighted by Crippen LogP contribution is 2.31. The third-order valence-corrected chi connectivity index (χ3v) is 7.12. The van der Waals surface area contributed by atoms with Gasteiger partial charge in [0.15, 0.2) is 0 Å². The maximum Gasteiger partial charge on any atom is 0.224 e. The van der Waals surface area contributed by atoms with Crippen LogP contribution in [0.2, 0.25) is 0 Å². The molecule has 43 heavy (non-hydrogen) atoms. The van der Waals surface area contributed by atoms with E-state index in [1.807, 2.05) is 57.2 Å². The molecular formula is C33H51N3O7. The molecule has 1 amide bonds. The third kappa shape index (κ3) is 11.7. The van der Waals surface area contributed by atoms with Crippen molar-refractivity contribution in [2.75, 3.05) is 31.6 Å². The molecule has 4 rings (SSSR count). The lowest BCUT2D eigenvalue weighted by Crippen LogP contribution is -2.42. The minimum Gasteiger partial charge on any atom is -0.491 e. The number of anilines is 1. The Balaban J connectivity index is 0.000000236. The topological polar surface area (TPSA) is 153 Å². The highest BCUT2D eigenvalue weighted by molar-refractivity contribution is 5.94. The quantitative estimate of drug-likeness (QED) is 0.218. The third-order valence-electron chi connectivity index (χ3n) is 7.12. The second-order valence-electron chi connectivity index (χ2n) is 13.5. The van der Waals surface area contributed by atoms with Crippen molar-refractivity contribution < 1.29 is 34.7 Å². The van der Waals surface area contributed by atoms with E-state index in [2.05, 4.69) is 36.7 Å². The molecule has 2 aliphatic rings. The van der Waals surface area contributed by atoms with Crippen LogP contribution < -0.4 is 25.4 Å². The summed E-state index contributed by atoms with van der Waals surface area (Å²) < 4.78 is 11.5. The van der Waals surface area contributed by atoms with E-state index >= 15 is 0 Å². The maximum absolute atomic E-state index is 11.4. The van der Waals surface area contributed by atoms with Gasteiger partial charge in [-0.25, -0.2) is 0 Å². The molecule has 10 nitrogen and oxygen atoms in total. The summed E-state index contributed by atoms with van der Waals surface area (Å²) in [6, 6.07) is 11.2. The number of hydrogen-bond acceptors (Lipinski definition) is 9. The lowest BCUT2D eigenvalue weighted by atomic mass is 9.87. The number of ether oxygens (including phenoxy) is 2. The van der Waals surface area contributed by atoms with E-state index in [0.29, 0.717) is 44.5 Å². The Hall–Kier alpha value is -2.73. The molecule has 0 radical (unpaired) electrons. The van der Waals surface area contributed by atoms with Gasteiger partial charge in [0.2, 0.25) is 5.91 Å². The van der Waals surface area contributed by atoms with Crippen LogP contribution in [-0.2, 0) is 24.1 Å². The van der Waals surface area contributed by atoms with Gasteiger partial charge in [0, 0.05) is 60.2 Å². The van der Waals surface area contributed by atoms with Gasteiger partial charge in [-0.15, -0.1) is 0 Å². The number of benzene rings is 2. The first kappa shape index (κ1) is 34.8. The summed E-state index contributed by atoms with van der Waals surface area (Å²) in [6.07, 6.45) is -0.693. The van der Waals surface area contributed by atoms with Crippen LogP contribution in [-0.4, -0.2) is 88.1 Å². The van der Waals surface area contributed by atoms with E-state index in [1.54, 1.807) is 0 Å². The van der Waals surface area contributed by atoms with Gasteiger partial charge in [-0.05, 0) is 71.7 Å². The van der Waals surface area contributed by atoms with Crippen LogP contribution in [0.3, 0.4) is 0 Å². The standard InChI is InChI=1S/C17H27NO4.C16H24N2O3/c1-17(2,3)18-9-12(19)10-22-16-6-4-5-11-7-14(20)15(21)8-13(11)16;1-16(2,3)17-9-11(19)10-21-14-6-4-5-13-12(14)7-8-15(20)18-13/h4-6,12,14-15,18-21H,7-10H2,1-3H3;4-6,11,17,19H,7-10H2,1-3H3,(H,18,20)/t12?,14-,15+;/m1./s1. The van der Waals surface area contributed by atoms with Crippen molar-refractivity contribution in [2.24, 2.45) is 0 Å². The molecule has 10 heteroatoms. The molecular weight excluding hydrogens is 550 g/mol. The molecule has 0 aromatic heterocycles. The number of β-amino-alcohol motifs (C(OH)–C–C–N with tert-alkyl or cyclic N) is 2. The summed E-state index contributed by atoms with van der Waals surface area (Å²) in [5.41, 5.74) is 3.66. The SMILES string of the molecule is CC(C)(C)NCC(O)COc1cccc2c1CCC(=O)N2.CC(C)(C)NCC(O)COc1cccc2c1C[C@H](O)[C@H](O)C2. The van der Waals surface area contributed by atoms with Crippen molar-refractivity contribution in [1.29, 1.82) is 0 Å². The van der Waals surface area contributed by atoms with Crippen molar-refractivity contribution in [1.82, 2.24) is 10.6 Å². The normalized spacial score (nSPS) is 19.6. The number of carbonyl (C=O) groups is 1. The average Bonchev–Trinajstić information content (AvgIpc) is 2.92. The molecule has 240 valence electrons. The van der Waals surface area contributed by atoms with Crippen LogP contribution in [0.4, 0.5) is 5.69 Å². The number of aliphatic hydroxyl groups excluding tert-OH is 4. The molecule has 1 aliphatic carbocycles. The number of aliphatic hydroxyl groups is 4. The van der Waals surface area contributed by atoms with Gasteiger partial charge in [-0.3, -0.25) is 4.79 Å². The summed E-state index contributed by atoms with van der Waals surface area (Å²) >= 11 is 0. The van der Waals surface area contributed by atoms with Gasteiger partial charge < -0.3 is 45.9 Å². The molecule has 0 fully saturated rings. The molecule has 0 saturated heterocycles. The van der Waals surface area contributed by atoms with Crippen molar-refractivity contribution in [2.45, 2.75) is 103 Å². The zero-order valence-electron chi connectivity index (χ0n) is 26.4. The Labute approximate surface area is 255 Å². The van der Waals surface area contributed by atoms with E-state index < -0.39 is 24.4 Å². The Morgan fingerprint density at radius 1 is 0.791 bits per heavy atom. The second kappa shape index (κ2) is 15.3. The van der Waals surface area contributed by atoms with Gasteiger partial charge in [0.1, 0.15) is 36.9 Å². The van der Waals surface area contributed by atoms with Gasteiger partial charge in [-0.1, -0.05) is 18.2 Å². The van der Waals surface area contributed by atoms with Crippen LogP contribution in [0.1, 0.15) is 64.7 Å². The Bertz CT molecular complexity index is 1190. The zero-order chi connectivity index (χ0) is 31.8. The van der Waals surface area contributed by atoms with Crippen LogP contribution in [0.5, 0.6) is 11.5 Å². The maximum atomic E-state index is 11.4. The van der Waals surface area contributed by atoms with Gasteiger partial charge in [0.25, 0.3) is 0 Å². The Morgan fingerprint density at radius 3 is 1.86 bits per heavy atom. The Morgan fingerprint density at radius 2 is 1.30 bits per heavy atom. The van der Waals surface area contributed by atoms with Crippen LogP contribution in [0, 0.1) is 0 Å². The lowest BCUT2D eigenvalue weighted by molar-refractivity contribution is -0.116. The molecule has 2 aromatic carbocycles. The lowest BCUT2D eigenvalue weighted by Gasteiger charge is -2.28. The van der Waals surface area contributed by atoms with E-state index in [1.165, 1.54) is 0 Å². The summed E-state index contributed by atoms with van der Waals surface area (Å²) in [7, 11) is 0. The van der Waals surface area contributed by atoms with E-state index in [0.717, 1.165) is 28.1 Å². The van der Waals surface area contributed by atoms with Crippen molar-refractivity contribution in [3.8, 4) is 11.5 Å². The molecule has 1 heterocycles. The van der Waals surface area contributed by atoms with Crippen LogP contribution in [0.25, 0.3) is 0 Å². The van der Waals surface area contributed by atoms with Crippen molar-refractivity contribution in [3.63, 3.8) is 0 Å². The number of carbonyl (C=O) groups excluding carboxylic acids is 1. The molecule has 4 atom stereocenters. The van der Waals surface area contributed by atoms with E-state index in [9.17, 15) is 25.2 Å². The smallest absolute Gasteiger partial charge is 0.224 e. The number of rotatable bonds is 10. The fourth-order valence-corrected chi connectivity index (χ4v) is 4.74. The molecule has 1 aliphatic heterocycles. The largest absolute Gasteiger partial charge is 0.491 e. The summed E-state index contributed by atoms with van der Waals surface area (Å²) in [5.74, 6) is 1.45. The summed E-state index contributed by atoms with van der Waals surface area (Å²) in [6.45, 7) is 13.6. The minimum atomic E-state index is -0.760. The van der Waals surface area contributed by atoms with Crippen molar-refractivity contribution >= 4 is 11.6 Å². The minimum absolute atomic E-state index is 0.0306. The fourth-order valence-electron chi connectivity index (χ4n) is 4.74. The predicted octanol–water partition coefficient (Wildman–Crippen LogP) is 2.33. The average molecular weight is 602 g/mol. The van der Waals surface area contributed by atoms with E-state index in [-0.39, 0.29) is 30.2 Å². The summed E-state index contributed by atoms with van der Waals surface area (Å²) in [4.78, 5) is 11.4. The predicted molar refractivity (Wildman–Crippen MR) is 168 cm³/mol. The molecule has 7 N–H and O–H groups in total. The molecule has 0 spiro atoms. The number of fused-ring (bicyclic) bond motifs is 2. The number of hydrogen-bond donors (Lipinski definition) is 7. The highest BCUT2D eigenvalue weighted by atomic mass is 16.5. The molecule has 0 saturated carbocycles. The van der Waals surface area contributed by atoms with Gasteiger partial charge in [-0.2, -0.15) is 0 Å². The monoisotopic (exact) mass is 601 g/mol. The molecule has 2 unspecified atom stereocenters. The van der Waals surface area contributed by atoms with Crippen LogP contribution >= 0.6 is 0 Å². The Kier molecular flexibility index (Phi) is 12.4. The van der Waals surface area contributed by atoms with Gasteiger partial charge in [0.05, 0.1) is 12.2 Å². The number of nitrogens with one attached hydrogen (secondary N) is 3. The first-order valence-corrected chi connectivity index (χ1v) is 15.1. The zero-order valence-corrected chi connectivity index (χ0v) is 26.4. The summed E-state index contributed by atoms with van der Waals surface area (Å²) in [5, 5.41) is 48.8. The molecule has 2 aromatic rings. The first-order valence-electron chi connectivity index (χ1n) is 15.1. The highest BCUT2D eigenvalue weighted by Gasteiger charge is 2.27.